The molecule has 0 spiro atoms. The van der Waals surface area contributed by atoms with E-state index in [-0.39, 0.29) is 12.0 Å². The van der Waals surface area contributed by atoms with Gasteiger partial charge in [-0.15, -0.1) is 0 Å². The number of hydrogen-bond acceptors (Lipinski definition) is 1. The Labute approximate surface area is 92.1 Å². The molecule has 0 aliphatic heterocycles. The zero-order chi connectivity index (χ0) is 11.1. The van der Waals surface area contributed by atoms with Gasteiger partial charge in [0.1, 0.15) is 0 Å². The lowest BCUT2D eigenvalue weighted by atomic mass is 9.83. The minimum Gasteiger partial charge on any atom is -0.395 e. The summed E-state index contributed by atoms with van der Waals surface area (Å²) in [6.07, 6.45) is 2.49. The van der Waals surface area contributed by atoms with Crippen molar-refractivity contribution in [2.75, 3.05) is 6.61 Å². The summed E-state index contributed by atoms with van der Waals surface area (Å²) in [5.74, 6) is 0.689. The molecule has 1 aromatic rings. The summed E-state index contributed by atoms with van der Waals surface area (Å²) in [6.45, 7) is 6.68. The smallest absolute Gasteiger partial charge is 0.0522 e. The number of hydrogen-bond donors (Lipinski definition) is 1. The Morgan fingerprint density at radius 3 is 2.80 bits per heavy atom. The summed E-state index contributed by atoms with van der Waals surface area (Å²) < 4.78 is 0. The number of benzene rings is 1. The Balaban J connectivity index is 2.41. The second kappa shape index (κ2) is 3.64. The van der Waals surface area contributed by atoms with Crippen molar-refractivity contribution in [3.8, 4) is 0 Å². The molecule has 0 aromatic heterocycles. The van der Waals surface area contributed by atoms with Crippen LogP contribution in [0.3, 0.4) is 0 Å². The van der Waals surface area contributed by atoms with Crippen LogP contribution >= 0.6 is 0 Å². The topological polar surface area (TPSA) is 20.2 Å². The van der Waals surface area contributed by atoms with Crippen LogP contribution in [0.15, 0.2) is 18.2 Å². The summed E-state index contributed by atoms with van der Waals surface area (Å²) in [6, 6.07) is 6.71. The van der Waals surface area contributed by atoms with Gasteiger partial charge < -0.3 is 5.11 Å². The van der Waals surface area contributed by atoms with Gasteiger partial charge in [-0.25, -0.2) is 0 Å². The van der Waals surface area contributed by atoms with Gasteiger partial charge in [0.15, 0.2) is 0 Å². The van der Waals surface area contributed by atoms with Crippen LogP contribution in [-0.2, 0) is 11.8 Å². The highest BCUT2D eigenvalue weighted by Crippen LogP contribution is 2.35. The first-order valence-electron chi connectivity index (χ1n) is 5.79. The molecule has 0 bridgehead atoms. The molecule has 0 amide bonds. The highest BCUT2D eigenvalue weighted by molar-refractivity contribution is 5.40. The summed E-state index contributed by atoms with van der Waals surface area (Å²) in [4.78, 5) is 0. The first kappa shape index (κ1) is 10.7. The lowest BCUT2D eigenvalue weighted by Crippen LogP contribution is -2.22. The second-order valence-corrected chi connectivity index (χ2v) is 5.40. The minimum atomic E-state index is -0.114. The number of aryl methyl sites for hydroxylation is 1. The molecule has 1 nitrogen and oxygen atoms in total. The van der Waals surface area contributed by atoms with E-state index in [4.69, 9.17) is 0 Å². The van der Waals surface area contributed by atoms with Crippen LogP contribution in [0, 0.1) is 0 Å². The molecule has 0 radical (unpaired) electrons. The summed E-state index contributed by atoms with van der Waals surface area (Å²) >= 11 is 0. The van der Waals surface area contributed by atoms with Gasteiger partial charge in [-0.05, 0) is 35.4 Å². The monoisotopic (exact) mass is 204 g/mol. The van der Waals surface area contributed by atoms with E-state index in [1.807, 2.05) is 0 Å². The molecule has 1 heteroatoms. The summed E-state index contributed by atoms with van der Waals surface area (Å²) in [5, 5.41) is 9.36. The third-order valence-corrected chi connectivity index (χ3v) is 3.70. The van der Waals surface area contributed by atoms with Crippen LogP contribution in [0.4, 0.5) is 0 Å². The van der Waals surface area contributed by atoms with E-state index < -0.39 is 0 Å². The number of fused-ring (bicyclic) bond motifs is 1. The van der Waals surface area contributed by atoms with Crippen molar-refractivity contribution < 1.29 is 5.11 Å². The van der Waals surface area contributed by atoms with E-state index in [2.05, 4.69) is 39.0 Å². The van der Waals surface area contributed by atoms with Gasteiger partial charge in [0.05, 0.1) is 6.61 Å². The van der Waals surface area contributed by atoms with E-state index in [0.717, 1.165) is 0 Å². The molecule has 1 aromatic carbocycles. The number of rotatable bonds is 2. The molecule has 2 rings (SSSR count). The van der Waals surface area contributed by atoms with Crippen LogP contribution in [0.25, 0.3) is 0 Å². The largest absolute Gasteiger partial charge is 0.395 e. The fourth-order valence-electron chi connectivity index (χ4n) is 2.32. The minimum absolute atomic E-state index is 0.114. The third-order valence-electron chi connectivity index (χ3n) is 3.70. The summed E-state index contributed by atoms with van der Waals surface area (Å²) in [7, 11) is 0. The molecule has 1 unspecified atom stereocenters. The van der Waals surface area contributed by atoms with Gasteiger partial charge in [0, 0.05) is 5.41 Å². The number of aliphatic hydroxyl groups excluding tert-OH is 1. The fraction of sp³-hybridized carbons (Fsp3) is 0.571. The predicted octanol–water partition coefficient (Wildman–Crippen LogP) is 3.01. The molecule has 82 valence electrons. The van der Waals surface area contributed by atoms with Crippen LogP contribution in [0.5, 0.6) is 0 Å². The van der Waals surface area contributed by atoms with Crippen molar-refractivity contribution in [2.45, 2.75) is 44.9 Å². The van der Waals surface area contributed by atoms with Crippen LogP contribution in [-0.4, -0.2) is 11.7 Å². The van der Waals surface area contributed by atoms with E-state index >= 15 is 0 Å². The zero-order valence-corrected chi connectivity index (χ0v) is 9.88. The van der Waals surface area contributed by atoms with Crippen molar-refractivity contribution in [1.82, 2.24) is 0 Å². The molecule has 1 aliphatic rings. The fourth-order valence-corrected chi connectivity index (χ4v) is 2.32. The quantitative estimate of drug-likeness (QED) is 0.785. The van der Waals surface area contributed by atoms with Crippen LogP contribution in [0.2, 0.25) is 0 Å². The maximum Gasteiger partial charge on any atom is 0.0522 e. The lowest BCUT2D eigenvalue weighted by Gasteiger charge is -2.23. The molecule has 0 heterocycles. The molecule has 1 atom stereocenters. The molecule has 0 saturated carbocycles. The van der Waals surface area contributed by atoms with Crippen molar-refractivity contribution in [3.05, 3.63) is 34.9 Å². The van der Waals surface area contributed by atoms with Crippen molar-refractivity contribution in [3.63, 3.8) is 0 Å². The maximum atomic E-state index is 9.36. The lowest BCUT2D eigenvalue weighted by molar-refractivity contribution is 0.218. The van der Waals surface area contributed by atoms with Gasteiger partial charge in [0.2, 0.25) is 0 Å². The highest BCUT2D eigenvalue weighted by atomic mass is 16.3. The first-order chi connectivity index (χ1) is 7.04. The van der Waals surface area contributed by atoms with Crippen LogP contribution in [0.1, 0.15) is 49.8 Å². The molecular weight excluding hydrogens is 184 g/mol. The first-order valence-corrected chi connectivity index (χ1v) is 5.79. The third kappa shape index (κ3) is 1.81. The molecule has 0 saturated heterocycles. The van der Waals surface area contributed by atoms with Gasteiger partial charge >= 0.3 is 0 Å². The van der Waals surface area contributed by atoms with Gasteiger partial charge in [0.25, 0.3) is 0 Å². The molecule has 15 heavy (non-hydrogen) atoms. The Bertz CT molecular complexity index is 366. The zero-order valence-electron chi connectivity index (χ0n) is 9.88. The number of aliphatic hydroxyl groups is 1. The molecule has 0 fully saturated rings. The Hall–Kier alpha value is -0.820. The van der Waals surface area contributed by atoms with Crippen molar-refractivity contribution in [1.29, 1.82) is 0 Å². The molecular formula is C14H20O. The standard InChI is InChI=1S/C14H20O/c1-10-4-5-11-6-7-12(8-13(10)11)14(2,3)9-15/h6-8,10,15H,4-5,9H2,1-3H3. The van der Waals surface area contributed by atoms with Gasteiger partial charge in [-0.3, -0.25) is 0 Å². The van der Waals surface area contributed by atoms with Gasteiger partial charge in [-0.2, -0.15) is 0 Å². The van der Waals surface area contributed by atoms with Crippen molar-refractivity contribution in [2.24, 2.45) is 0 Å². The molecule has 1 aliphatic carbocycles. The Kier molecular flexibility index (Phi) is 2.59. The van der Waals surface area contributed by atoms with E-state index in [9.17, 15) is 5.11 Å². The normalized spacial score (nSPS) is 20.4. The average molecular weight is 204 g/mol. The maximum absolute atomic E-state index is 9.36. The van der Waals surface area contributed by atoms with E-state index in [1.54, 1.807) is 0 Å². The molecule has 1 N–H and O–H groups in total. The highest BCUT2D eigenvalue weighted by Gasteiger charge is 2.24. The Morgan fingerprint density at radius 1 is 1.40 bits per heavy atom. The van der Waals surface area contributed by atoms with Crippen molar-refractivity contribution >= 4 is 0 Å². The van der Waals surface area contributed by atoms with Crippen LogP contribution < -0.4 is 0 Å². The SMILES string of the molecule is CC1CCc2ccc(C(C)(C)CO)cc21. The van der Waals surface area contributed by atoms with Gasteiger partial charge in [-0.1, -0.05) is 39.0 Å². The van der Waals surface area contributed by atoms with E-state index in [1.165, 1.54) is 29.5 Å². The second-order valence-electron chi connectivity index (χ2n) is 5.40. The predicted molar refractivity (Wildman–Crippen MR) is 63.3 cm³/mol. The average Bonchev–Trinajstić information content (AvgIpc) is 2.60. The van der Waals surface area contributed by atoms with E-state index in [0.29, 0.717) is 5.92 Å². The Morgan fingerprint density at radius 2 is 2.13 bits per heavy atom. The summed E-state index contributed by atoms with van der Waals surface area (Å²) in [5.41, 5.74) is 4.14.